The highest BCUT2D eigenvalue weighted by Gasteiger charge is 2.22. The summed E-state index contributed by atoms with van der Waals surface area (Å²) in [5, 5.41) is 3.02. The van der Waals surface area contributed by atoms with Crippen molar-refractivity contribution in [3.05, 3.63) is 93.0 Å². The Morgan fingerprint density at radius 2 is 1.70 bits per heavy atom. The number of carbonyl (C=O) groups is 1. The number of amides is 1. The fourth-order valence-corrected chi connectivity index (χ4v) is 5.67. The molecule has 172 valence electrons. The molecule has 0 heterocycles. The smallest absolute Gasteiger partial charge is 0.263 e. The van der Waals surface area contributed by atoms with Crippen molar-refractivity contribution in [3.63, 3.8) is 0 Å². The zero-order chi connectivity index (χ0) is 23.8. The molecule has 1 aliphatic carbocycles. The molecule has 0 saturated carbocycles. The summed E-state index contributed by atoms with van der Waals surface area (Å²) in [6.45, 7) is 5.78. The molecule has 3 aromatic carbocycles. The highest BCUT2D eigenvalue weighted by molar-refractivity contribution is 7.92. The fraction of sp³-hybridized carbons (Fsp3) is 0.269. The number of anilines is 1. The van der Waals surface area contributed by atoms with Gasteiger partial charge in [0.25, 0.3) is 15.9 Å². The van der Waals surface area contributed by atoms with E-state index in [1.807, 2.05) is 32.9 Å². The van der Waals surface area contributed by atoms with E-state index in [0.29, 0.717) is 5.69 Å². The van der Waals surface area contributed by atoms with E-state index in [4.69, 9.17) is 11.6 Å². The third kappa shape index (κ3) is 5.07. The van der Waals surface area contributed by atoms with Gasteiger partial charge in [-0.2, -0.15) is 0 Å². The van der Waals surface area contributed by atoms with E-state index in [1.54, 1.807) is 12.1 Å². The van der Waals surface area contributed by atoms with Crippen LogP contribution in [0.3, 0.4) is 0 Å². The second-order valence-electron chi connectivity index (χ2n) is 8.63. The number of sulfonamides is 1. The van der Waals surface area contributed by atoms with Crippen molar-refractivity contribution in [2.75, 3.05) is 4.72 Å². The SMILES string of the molecule is Cc1ccc(NS(=O)(=O)c2cc(C(=O)N[C@H](C)c3ccc4c(c3)CCC4)ccc2Cl)cc1C. The molecule has 1 atom stereocenters. The van der Waals surface area contributed by atoms with Gasteiger partial charge in [-0.3, -0.25) is 9.52 Å². The summed E-state index contributed by atoms with van der Waals surface area (Å²) >= 11 is 6.21. The number of hydrogen-bond acceptors (Lipinski definition) is 3. The quantitative estimate of drug-likeness (QED) is 0.470. The summed E-state index contributed by atoms with van der Waals surface area (Å²) in [4.78, 5) is 12.8. The van der Waals surface area contributed by atoms with E-state index < -0.39 is 10.0 Å². The Kier molecular flexibility index (Phi) is 6.50. The number of nitrogens with one attached hydrogen (secondary N) is 2. The number of benzene rings is 3. The Bertz CT molecular complexity index is 1340. The summed E-state index contributed by atoms with van der Waals surface area (Å²) in [6.07, 6.45) is 3.34. The van der Waals surface area contributed by atoms with Gasteiger partial charge in [-0.1, -0.05) is 35.9 Å². The summed E-state index contributed by atoms with van der Waals surface area (Å²) in [6, 6.07) is 15.7. The van der Waals surface area contributed by atoms with Crippen LogP contribution in [0.5, 0.6) is 0 Å². The average Bonchev–Trinajstić information content (AvgIpc) is 3.24. The number of aryl methyl sites for hydroxylation is 4. The van der Waals surface area contributed by atoms with Crippen LogP contribution < -0.4 is 10.0 Å². The molecule has 1 amide bonds. The van der Waals surface area contributed by atoms with E-state index in [-0.39, 0.29) is 27.4 Å². The number of halogens is 1. The first-order valence-electron chi connectivity index (χ1n) is 11.0. The zero-order valence-corrected chi connectivity index (χ0v) is 20.5. The Hall–Kier alpha value is -2.83. The highest BCUT2D eigenvalue weighted by atomic mass is 35.5. The van der Waals surface area contributed by atoms with Crippen LogP contribution in [-0.4, -0.2) is 14.3 Å². The molecule has 0 spiro atoms. The van der Waals surface area contributed by atoms with Gasteiger partial charge in [0.15, 0.2) is 0 Å². The molecule has 33 heavy (non-hydrogen) atoms. The third-order valence-electron chi connectivity index (χ3n) is 6.21. The zero-order valence-electron chi connectivity index (χ0n) is 18.9. The minimum Gasteiger partial charge on any atom is -0.346 e. The lowest BCUT2D eigenvalue weighted by molar-refractivity contribution is 0.0939. The largest absolute Gasteiger partial charge is 0.346 e. The Morgan fingerprint density at radius 3 is 2.45 bits per heavy atom. The molecule has 0 saturated heterocycles. The van der Waals surface area contributed by atoms with Crippen LogP contribution >= 0.6 is 11.6 Å². The normalized spacial score (nSPS) is 13.9. The maximum atomic E-state index is 13.0. The molecule has 0 radical (unpaired) electrons. The van der Waals surface area contributed by atoms with E-state index in [1.165, 1.54) is 29.3 Å². The molecule has 0 bridgehead atoms. The Morgan fingerprint density at radius 1 is 0.939 bits per heavy atom. The van der Waals surface area contributed by atoms with Crippen molar-refractivity contribution in [1.29, 1.82) is 0 Å². The average molecular weight is 483 g/mol. The first kappa shape index (κ1) is 23.3. The first-order valence-corrected chi connectivity index (χ1v) is 12.8. The van der Waals surface area contributed by atoms with Crippen LogP contribution in [0.1, 0.15) is 57.6 Å². The number of hydrogen-bond donors (Lipinski definition) is 2. The van der Waals surface area contributed by atoms with Gasteiger partial charge in [0.05, 0.1) is 11.1 Å². The summed E-state index contributed by atoms with van der Waals surface area (Å²) in [5.41, 5.74) is 6.44. The summed E-state index contributed by atoms with van der Waals surface area (Å²) in [5.74, 6) is -0.359. The van der Waals surface area contributed by atoms with Crippen LogP contribution in [0.15, 0.2) is 59.5 Å². The van der Waals surface area contributed by atoms with Crippen LogP contribution in [0.2, 0.25) is 5.02 Å². The molecule has 4 rings (SSSR count). The molecule has 3 aromatic rings. The van der Waals surface area contributed by atoms with Gasteiger partial charge in [0.1, 0.15) is 4.90 Å². The molecule has 5 nitrogen and oxygen atoms in total. The molecule has 0 fully saturated rings. The van der Waals surface area contributed by atoms with Gasteiger partial charge in [-0.05, 0) is 98.2 Å². The Balaban J connectivity index is 1.54. The summed E-state index contributed by atoms with van der Waals surface area (Å²) < 4.78 is 28.6. The maximum Gasteiger partial charge on any atom is 0.263 e. The van der Waals surface area contributed by atoms with Gasteiger partial charge in [-0.25, -0.2) is 8.42 Å². The minimum absolute atomic E-state index is 0.0505. The molecule has 0 aliphatic heterocycles. The van der Waals surface area contributed by atoms with E-state index in [9.17, 15) is 13.2 Å². The van der Waals surface area contributed by atoms with Crippen molar-refractivity contribution in [2.24, 2.45) is 0 Å². The van der Waals surface area contributed by atoms with Crippen molar-refractivity contribution in [3.8, 4) is 0 Å². The van der Waals surface area contributed by atoms with Gasteiger partial charge in [0, 0.05) is 11.3 Å². The molecule has 0 unspecified atom stereocenters. The summed E-state index contributed by atoms with van der Waals surface area (Å²) in [7, 11) is -3.98. The lowest BCUT2D eigenvalue weighted by Gasteiger charge is -2.17. The lowest BCUT2D eigenvalue weighted by atomic mass is 10.0. The van der Waals surface area contributed by atoms with Crippen LogP contribution in [0, 0.1) is 13.8 Å². The standard InChI is InChI=1S/C26H27ClN2O3S/c1-16-7-11-23(13-17(16)2)29-33(31,32)25-15-22(10-12-24(25)27)26(30)28-18(3)20-9-8-19-5-4-6-21(19)14-20/h7-15,18,29H,4-6H2,1-3H3,(H,28,30)/t18-/m1/s1. The predicted molar refractivity (Wildman–Crippen MR) is 133 cm³/mol. The van der Waals surface area contributed by atoms with Crippen molar-refractivity contribution in [2.45, 2.75) is 51.0 Å². The molecule has 1 aliphatic rings. The lowest BCUT2D eigenvalue weighted by Crippen LogP contribution is -2.27. The number of fused-ring (bicyclic) bond motifs is 1. The molecular weight excluding hydrogens is 456 g/mol. The van der Waals surface area contributed by atoms with Gasteiger partial charge in [0.2, 0.25) is 0 Å². The van der Waals surface area contributed by atoms with E-state index in [0.717, 1.165) is 36.0 Å². The van der Waals surface area contributed by atoms with Gasteiger partial charge >= 0.3 is 0 Å². The third-order valence-corrected chi connectivity index (χ3v) is 8.08. The maximum absolute atomic E-state index is 13.0. The van der Waals surface area contributed by atoms with Crippen molar-refractivity contribution >= 4 is 33.2 Å². The molecular formula is C26H27ClN2O3S. The van der Waals surface area contributed by atoms with Crippen LogP contribution in [-0.2, 0) is 22.9 Å². The van der Waals surface area contributed by atoms with E-state index >= 15 is 0 Å². The van der Waals surface area contributed by atoms with Gasteiger partial charge in [-0.15, -0.1) is 0 Å². The van der Waals surface area contributed by atoms with Crippen LogP contribution in [0.4, 0.5) is 5.69 Å². The monoisotopic (exact) mass is 482 g/mol. The van der Waals surface area contributed by atoms with Crippen LogP contribution in [0.25, 0.3) is 0 Å². The number of rotatable bonds is 6. The van der Waals surface area contributed by atoms with Crippen molar-refractivity contribution in [1.82, 2.24) is 5.32 Å². The molecule has 2 N–H and O–H groups in total. The molecule has 0 aromatic heterocycles. The first-order chi connectivity index (χ1) is 15.6. The second kappa shape index (κ2) is 9.20. The molecule has 7 heteroatoms. The fourth-order valence-electron chi connectivity index (χ4n) is 4.09. The van der Waals surface area contributed by atoms with Crippen molar-refractivity contribution < 1.29 is 13.2 Å². The highest BCUT2D eigenvalue weighted by Crippen LogP contribution is 2.28. The van der Waals surface area contributed by atoms with Gasteiger partial charge < -0.3 is 5.32 Å². The predicted octanol–water partition coefficient (Wildman–Crippen LogP) is 5.74. The topological polar surface area (TPSA) is 75.3 Å². The van der Waals surface area contributed by atoms with E-state index in [2.05, 4.69) is 22.2 Å². The Labute approximate surface area is 200 Å². The number of carbonyl (C=O) groups excluding carboxylic acids is 1. The second-order valence-corrected chi connectivity index (χ2v) is 10.7. The minimum atomic E-state index is -3.98.